The van der Waals surface area contributed by atoms with E-state index in [1.54, 1.807) is 50.5 Å². The number of pyridine rings is 1. The van der Waals surface area contributed by atoms with Crippen LogP contribution in [-0.4, -0.2) is 36.6 Å². The molecule has 1 aromatic carbocycles. The van der Waals surface area contributed by atoms with Gasteiger partial charge in [-0.3, -0.25) is 19.3 Å². The third-order valence-corrected chi connectivity index (χ3v) is 5.39. The molecule has 7 heteroatoms. The molecule has 0 unspecified atom stereocenters. The highest BCUT2D eigenvalue weighted by Gasteiger charge is 2.42. The maximum atomic E-state index is 13.0. The molecule has 2 aromatic rings. The summed E-state index contributed by atoms with van der Waals surface area (Å²) in [6.45, 7) is 1.70. The molecule has 1 aliphatic carbocycles. The molecule has 1 aromatic heterocycles. The lowest BCUT2D eigenvalue weighted by molar-refractivity contribution is -0.138. The van der Waals surface area contributed by atoms with Crippen LogP contribution < -0.4 is 9.64 Å². The fourth-order valence-corrected chi connectivity index (χ4v) is 3.99. The Hall–Kier alpha value is -3.17. The highest BCUT2D eigenvalue weighted by atomic mass is 35.5. The molecular formula is C23H21ClN2O4. The Kier molecular flexibility index (Phi) is 6.53. The Balaban J connectivity index is 1.87. The average molecular weight is 425 g/mol. The molecule has 0 radical (unpaired) electrons. The van der Waals surface area contributed by atoms with Gasteiger partial charge in [0.25, 0.3) is 0 Å². The lowest BCUT2D eigenvalue weighted by Crippen LogP contribution is -2.41. The van der Waals surface area contributed by atoms with Gasteiger partial charge in [-0.2, -0.15) is 0 Å². The Morgan fingerprint density at radius 3 is 2.50 bits per heavy atom. The first-order chi connectivity index (χ1) is 14.4. The predicted octanol–water partition coefficient (Wildman–Crippen LogP) is 3.41. The fourth-order valence-electron chi connectivity index (χ4n) is 3.67. The minimum atomic E-state index is -1.06. The quantitative estimate of drug-likeness (QED) is 0.555. The standard InChI is InChI=1S/C23H21ClN2O4/c1-4-7-14-10-16(24)21(19(11-14)30-3)22-17(27)12-15(13-18(22)28)23(29)26(2)20-8-5-6-9-25-20/h5-6,8-11,15,22H,12-13H2,1-3H3. The second-order valence-corrected chi connectivity index (χ2v) is 7.41. The molecule has 1 fully saturated rings. The number of benzene rings is 1. The Bertz CT molecular complexity index is 1040. The first-order valence-electron chi connectivity index (χ1n) is 9.41. The number of nitrogens with zero attached hydrogens (tertiary/aromatic N) is 2. The molecule has 6 nitrogen and oxygen atoms in total. The van der Waals surface area contributed by atoms with E-state index >= 15 is 0 Å². The number of rotatable bonds is 4. The number of aromatic nitrogens is 1. The number of ether oxygens (including phenoxy) is 1. The van der Waals surface area contributed by atoms with Gasteiger partial charge in [0.15, 0.2) is 0 Å². The number of amides is 1. The molecule has 0 atom stereocenters. The summed E-state index contributed by atoms with van der Waals surface area (Å²) in [5, 5.41) is 0.245. The smallest absolute Gasteiger partial charge is 0.231 e. The van der Waals surface area contributed by atoms with E-state index in [1.165, 1.54) is 12.0 Å². The van der Waals surface area contributed by atoms with E-state index in [9.17, 15) is 14.4 Å². The van der Waals surface area contributed by atoms with Crippen LogP contribution in [0, 0.1) is 17.8 Å². The number of ketones is 2. The molecule has 1 amide bonds. The number of hydrogen-bond acceptors (Lipinski definition) is 5. The molecule has 1 heterocycles. The largest absolute Gasteiger partial charge is 0.496 e. The second-order valence-electron chi connectivity index (χ2n) is 7.01. The van der Waals surface area contributed by atoms with Gasteiger partial charge < -0.3 is 4.74 Å². The van der Waals surface area contributed by atoms with E-state index in [1.807, 2.05) is 0 Å². The summed E-state index contributed by atoms with van der Waals surface area (Å²) >= 11 is 6.41. The van der Waals surface area contributed by atoms with Crippen LogP contribution in [0.1, 0.15) is 36.8 Å². The van der Waals surface area contributed by atoms with Gasteiger partial charge in [0.1, 0.15) is 29.1 Å². The number of carbonyl (C=O) groups is 3. The summed E-state index contributed by atoms with van der Waals surface area (Å²) in [4.78, 5) is 44.3. The Labute approximate surface area is 180 Å². The predicted molar refractivity (Wildman–Crippen MR) is 114 cm³/mol. The van der Waals surface area contributed by atoms with E-state index < -0.39 is 11.8 Å². The van der Waals surface area contributed by atoms with Crippen molar-refractivity contribution in [1.29, 1.82) is 0 Å². The lowest BCUT2D eigenvalue weighted by Gasteiger charge is -2.29. The van der Waals surface area contributed by atoms with Crippen LogP contribution in [0.15, 0.2) is 36.5 Å². The maximum absolute atomic E-state index is 13.0. The monoisotopic (exact) mass is 424 g/mol. The van der Waals surface area contributed by atoms with Crippen molar-refractivity contribution in [3.05, 3.63) is 52.7 Å². The van der Waals surface area contributed by atoms with Crippen LogP contribution in [0.4, 0.5) is 5.82 Å². The summed E-state index contributed by atoms with van der Waals surface area (Å²) in [6, 6.07) is 8.47. The molecule has 154 valence electrons. The van der Waals surface area contributed by atoms with Gasteiger partial charge in [-0.1, -0.05) is 23.6 Å². The van der Waals surface area contributed by atoms with Gasteiger partial charge in [0.2, 0.25) is 5.91 Å². The summed E-state index contributed by atoms with van der Waals surface area (Å²) in [6.07, 6.45) is 1.47. The zero-order chi connectivity index (χ0) is 21.8. The first-order valence-corrected chi connectivity index (χ1v) is 9.79. The van der Waals surface area contributed by atoms with Crippen LogP contribution >= 0.6 is 11.6 Å². The van der Waals surface area contributed by atoms with Crippen LogP contribution in [0.25, 0.3) is 0 Å². The summed E-state index contributed by atoms with van der Waals surface area (Å²) in [7, 11) is 3.03. The summed E-state index contributed by atoms with van der Waals surface area (Å²) in [5.41, 5.74) is 0.962. The van der Waals surface area contributed by atoms with E-state index in [0.717, 1.165) is 0 Å². The molecular weight excluding hydrogens is 404 g/mol. The van der Waals surface area contributed by atoms with Crippen molar-refractivity contribution >= 4 is 34.9 Å². The number of halogens is 1. The molecule has 0 aliphatic heterocycles. The molecule has 0 bridgehead atoms. The van der Waals surface area contributed by atoms with Gasteiger partial charge in [0, 0.05) is 42.2 Å². The molecule has 30 heavy (non-hydrogen) atoms. The molecule has 3 rings (SSSR count). The van der Waals surface area contributed by atoms with Crippen molar-refractivity contribution in [3.8, 4) is 17.6 Å². The van der Waals surface area contributed by atoms with Crippen LogP contribution in [0.5, 0.6) is 5.75 Å². The Morgan fingerprint density at radius 1 is 1.23 bits per heavy atom. The lowest BCUT2D eigenvalue weighted by atomic mass is 9.75. The van der Waals surface area contributed by atoms with Crippen molar-refractivity contribution in [2.24, 2.45) is 5.92 Å². The van der Waals surface area contributed by atoms with Gasteiger partial charge in [-0.05, 0) is 31.2 Å². The van der Waals surface area contributed by atoms with Crippen molar-refractivity contribution in [2.75, 3.05) is 19.1 Å². The SMILES string of the molecule is CC#Cc1cc(Cl)c(C2C(=O)CC(C(=O)N(C)c3ccccn3)CC2=O)c(OC)c1. The van der Waals surface area contributed by atoms with E-state index in [0.29, 0.717) is 22.7 Å². The van der Waals surface area contributed by atoms with Crippen LogP contribution in [0.3, 0.4) is 0 Å². The fraction of sp³-hybridized carbons (Fsp3) is 0.304. The van der Waals surface area contributed by atoms with Crippen molar-refractivity contribution in [3.63, 3.8) is 0 Å². The molecule has 1 saturated carbocycles. The minimum absolute atomic E-state index is 0.0532. The summed E-state index contributed by atoms with van der Waals surface area (Å²) < 4.78 is 5.39. The topological polar surface area (TPSA) is 76.6 Å². The van der Waals surface area contributed by atoms with E-state index in [4.69, 9.17) is 16.3 Å². The maximum Gasteiger partial charge on any atom is 0.231 e. The molecule has 0 N–H and O–H groups in total. The van der Waals surface area contributed by atoms with Crippen LogP contribution in [-0.2, 0) is 14.4 Å². The van der Waals surface area contributed by atoms with Gasteiger partial charge >= 0.3 is 0 Å². The number of anilines is 1. The highest BCUT2D eigenvalue weighted by Crippen LogP contribution is 2.40. The van der Waals surface area contributed by atoms with Gasteiger partial charge in [-0.15, -0.1) is 5.92 Å². The number of Topliss-reactive ketones (excluding diaryl/α,β-unsaturated/α-hetero) is 2. The third-order valence-electron chi connectivity index (χ3n) is 5.08. The third kappa shape index (κ3) is 4.22. The molecule has 1 aliphatic rings. The number of hydrogen-bond donors (Lipinski definition) is 0. The van der Waals surface area contributed by atoms with Crippen LogP contribution in [0.2, 0.25) is 5.02 Å². The average Bonchev–Trinajstić information content (AvgIpc) is 2.74. The number of methoxy groups -OCH3 is 1. The number of carbonyl (C=O) groups excluding carboxylic acids is 3. The second kappa shape index (κ2) is 9.10. The summed E-state index contributed by atoms with van der Waals surface area (Å²) in [5.74, 6) is 3.64. The van der Waals surface area contributed by atoms with E-state index in [2.05, 4.69) is 16.8 Å². The normalized spacial score (nSPS) is 18.4. The molecule has 0 saturated heterocycles. The van der Waals surface area contributed by atoms with Crippen molar-refractivity contribution in [2.45, 2.75) is 25.7 Å². The van der Waals surface area contributed by atoms with E-state index in [-0.39, 0.29) is 35.3 Å². The Morgan fingerprint density at radius 2 is 1.93 bits per heavy atom. The van der Waals surface area contributed by atoms with Crippen molar-refractivity contribution in [1.82, 2.24) is 4.98 Å². The van der Waals surface area contributed by atoms with Crippen molar-refractivity contribution < 1.29 is 19.1 Å². The zero-order valence-corrected chi connectivity index (χ0v) is 17.7. The molecule has 0 spiro atoms. The highest BCUT2D eigenvalue weighted by molar-refractivity contribution is 6.33. The minimum Gasteiger partial charge on any atom is -0.496 e. The first kappa shape index (κ1) is 21.5. The van der Waals surface area contributed by atoms with Gasteiger partial charge in [-0.25, -0.2) is 4.98 Å². The van der Waals surface area contributed by atoms with Gasteiger partial charge in [0.05, 0.1) is 13.0 Å². The zero-order valence-electron chi connectivity index (χ0n) is 16.9.